The number of rotatable bonds is 7. The minimum atomic E-state index is -0.00480. The maximum Gasteiger partial charge on any atom is 0.304 e. The second kappa shape index (κ2) is 6.68. The summed E-state index contributed by atoms with van der Waals surface area (Å²) in [6.07, 6.45) is 4.24. The molecule has 2 aromatic rings. The van der Waals surface area contributed by atoms with Gasteiger partial charge in [0.05, 0.1) is 11.7 Å². The van der Waals surface area contributed by atoms with Gasteiger partial charge >= 0.3 is 4.87 Å². The van der Waals surface area contributed by atoms with E-state index in [1.807, 2.05) is 22.3 Å². The van der Waals surface area contributed by atoms with Gasteiger partial charge in [0.15, 0.2) is 0 Å². The quantitative estimate of drug-likeness (QED) is 0.818. The normalized spacial score (nSPS) is 11.3. The fourth-order valence-electron chi connectivity index (χ4n) is 2.06. The van der Waals surface area contributed by atoms with Crippen LogP contribution >= 0.6 is 11.3 Å². The molecule has 5 nitrogen and oxygen atoms in total. The number of aromatic nitrogens is 3. The van der Waals surface area contributed by atoms with Gasteiger partial charge in [-0.05, 0) is 18.9 Å². The lowest BCUT2D eigenvalue weighted by molar-refractivity contribution is 0.424. The molecule has 0 radical (unpaired) electrons. The smallest absolute Gasteiger partial charge is 0.304 e. The Morgan fingerprint density at radius 2 is 2.21 bits per heavy atom. The molecule has 0 bridgehead atoms. The van der Waals surface area contributed by atoms with Gasteiger partial charge in [0.2, 0.25) is 0 Å². The van der Waals surface area contributed by atoms with Crippen molar-refractivity contribution in [1.29, 1.82) is 0 Å². The van der Waals surface area contributed by atoms with Crippen LogP contribution in [0.1, 0.15) is 44.1 Å². The van der Waals surface area contributed by atoms with Crippen molar-refractivity contribution in [2.75, 3.05) is 0 Å². The largest absolute Gasteiger partial charge is 0.315 e. The van der Waals surface area contributed by atoms with Crippen molar-refractivity contribution in [3.63, 3.8) is 0 Å². The predicted molar refractivity (Wildman–Crippen MR) is 77.3 cm³/mol. The molecule has 6 heteroatoms. The summed E-state index contributed by atoms with van der Waals surface area (Å²) in [6, 6.07) is 2.53. The molecule has 0 aliphatic heterocycles. The molecule has 0 amide bonds. The standard InChI is InChI=1S/C13H20N4OS/c1-3-12(4-2)17-6-5-10(16-17)7-14-8-11-9-19-13(18)15-11/h5-6,9,12,14H,3-4,7-8H2,1-2H3,(H,15,18). The van der Waals surface area contributed by atoms with E-state index in [0.717, 1.165) is 24.2 Å². The molecule has 104 valence electrons. The Bertz CT molecular complexity index is 553. The van der Waals surface area contributed by atoms with Crippen LogP contribution in [0.25, 0.3) is 0 Å². The van der Waals surface area contributed by atoms with Gasteiger partial charge in [-0.15, -0.1) is 0 Å². The van der Waals surface area contributed by atoms with Crippen molar-refractivity contribution < 1.29 is 0 Å². The highest BCUT2D eigenvalue weighted by atomic mass is 32.1. The second-order valence-corrected chi connectivity index (χ2v) is 5.38. The van der Waals surface area contributed by atoms with Crippen LogP contribution < -0.4 is 10.2 Å². The fraction of sp³-hybridized carbons (Fsp3) is 0.538. The number of aromatic amines is 1. The average molecular weight is 280 g/mol. The SMILES string of the molecule is CCC(CC)n1ccc(CNCc2csc(=O)[nH]2)n1. The molecule has 2 N–H and O–H groups in total. The predicted octanol–water partition coefficient (Wildman–Crippen LogP) is 2.28. The molecule has 2 rings (SSSR count). The van der Waals surface area contributed by atoms with Gasteiger partial charge in [0, 0.05) is 30.4 Å². The summed E-state index contributed by atoms with van der Waals surface area (Å²) in [5.41, 5.74) is 1.96. The van der Waals surface area contributed by atoms with Crippen LogP contribution in [-0.4, -0.2) is 14.8 Å². The number of hydrogen-bond acceptors (Lipinski definition) is 4. The molecule has 0 saturated heterocycles. The summed E-state index contributed by atoms with van der Waals surface area (Å²) >= 11 is 1.19. The van der Waals surface area contributed by atoms with Gasteiger partial charge in [-0.3, -0.25) is 9.48 Å². The highest BCUT2D eigenvalue weighted by molar-refractivity contribution is 7.07. The van der Waals surface area contributed by atoms with E-state index in [9.17, 15) is 4.79 Å². The van der Waals surface area contributed by atoms with E-state index in [1.54, 1.807) is 0 Å². The Morgan fingerprint density at radius 1 is 1.42 bits per heavy atom. The fourth-order valence-corrected chi connectivity index (χ4v) is 2.65. The summed E-state index contributed by atoms with van der Waals surface area (Å²) in [4.78, 5) is 13.8. The van der Waals surface area contributed by atoms with Crippen molar-refractivity contribution in [1.82, 2.24) is 20.1 Å². The lowest BCUT2D eigenvalue weighted by Gasteiger charge is -2.12. The van der Waals surface area contributed by atoms with Crippen LogP contribution in [0.5, 0.6) is 0 Å². The maximum absolute atomic E-state index is 11.0. The number of hydrogen-bond donors (Lipinski definition) is 2. The Balaban J connectivity index is 1.85. The molecular weight excluding hydrogens is 260 g/mol. The molecule has 0 aliphatic rings. The first kappa shape index (κ1) is 14.0. The van der Waals surface area contributed by atoms with Crippen molar-refractivity contribution in [3.05, 3.63) is 38.7 Å². The minimum absolute atomic E-state index is 0.00480. The first-order valence-electron chi connectivity index (χ1n) is 6.64. The molecule has 0 fully saturated rings. The van der Waals surface area contributed by atoms with E-state index in [1.165, 1.54) is 11.3 Å². The zero-order valence-electron chi connectivity index (χ0n) is 11.3. The van der Waals surface area contributed by atoms with Gasteiger partial charge in [-0.2, -0.15) is 5.10 Å². The van der Waals surface area contributed by atoms with Crippen molar-refractivity contribution in [3.8, 4) is 0 Å². The summed E-state index contributed by atoms with van der Waals surface area (Å²) in [5.74, 6) is 0. The van der Waals surface area contributed by atoms with Crippen LogP contribution in [0, 0.1) is 0 Å². The van der Waals surface area contributed by atoms with E-state index in [-0.39, 0.29) is 4.87 Å². The third-order valence-corrected chi connectivity index (χ3v) is 3.89. The summed E-state index contributed by atoms with van der Waals surface area (Å²) in [7, 11) is 0. The maximum atomic E-state index is 11.0. The van der Waals surface area contributed by atoms with Crippen LogP contribution in [-0.2, 0) is 13.1 Å². The molecule has 0 aliphatic carbocycles. The molecule has 0 saturated carbocycles. The first-order valence-corrected chi connectivity index (χ1v) is 7.52. The number of nitrogens with one attached hydrogen (secondary N) is 2. The van der Waals surface area contributed by atoms with Crippen LogP contribution in [0.3, 0.4) is 0 Å². The monoisotopic (exact) mass is 280 g/mol. The number of H-pyrrole nitrogens is 1. The zero-order valence-corrected chi connectivity index (χ0v) is 12.2. The summed E-state index contributed by atoms with van der Waals surface area (Å²) in [6.45, 7) is 5.74. The van der Waals surface area contributed by atoms with Gasteiger partial charge in [0.1, 0.15) is 0 Å². The lowest BCUT2D eigenvalue weighted by Crippen LogP contribution is -2.15. The van der Waals surface area contributed by atoms with Gasteiger partial charge in [-0.25, -0.2) is 0 Å². The Hall–Kier alpha value is -1.40. The van der Waals surface area contributed by atoms with Crippen LogP contribution in [0.4, 0.5) is 0 Å². The number of thiazole rings is 1. The van der Waals surface area contributed by atoms with Gasteiger partial charge < -0.3 is 10.3 Å². The van der Waals surface area contributed by atoms with Crippen molar-refractivity contribution in [2.45, 2.75) is 45.8 Å². The van der Waals surface area contributed by atoms with Crippen LogP contribution in [0.15, 0.2) is 22.4 Å². The highest BCUT2D eigenvalue weighted by Crippen LogP contribution is 2.14. The third-order valence-electron chi connectivity index (χ3n) is 3.17. The lowest BCUT2D eigenvalue weighted by atomic mass is 10.2. The molecule has 2 aromatic heterocycles. The molecule has 2 heterocycles. The minimum Gasteiger partial charge on any atom is -0.315 e. The first-order chi connectivity index (χ1) is 9.22. The van der Waals surface area contributed by atoms with E-state index < -0.39 is 0 Å². The van der Waals surface area contributed by atoms with Gasteiger partial charge in [-0.1, -0.05) is 25.2 Å². The van der Waals surface area contributed by atoms with Crippen molar-refractivity contribution in [2.24, 2.45) is 0 Å². The molecule has 0 atom stereocenters. The summed E-state index contributed by atoms with van der Waals surface area (Å²) < 4.78 is 2.05. The summed E-state index contributed by atoms with van der Waals surface area (Å²) in [5, 5.41) is 9.70. The third kappa shape index (κ3) is 3.78. The Morgan fingerprint density at radius 3 is 2.84 bits per heavy atom. The van der Waals surface area contributed by atoms with E-state index in [0.29, 0.717) is 19.1 Å². The second-order valence-electron chi connectivity index (χ2n) is 4.53. The van der Waals surface area contributed by atoms with E-state index in [2.05, 4.69) is 29.2 Å². The molecular formula is C13H20N4OS. The van der Waals surface area contributed by atoms with E-state index >= 15 is 0 Å². The molecule has 0 aromatic carbocycles. The zero-order chi connectivity index (χ0) is 13.7. The van der Waals surface area contributed by atoms with Crippen molar-refractivity contribution >= 4 is 11.3 Å². The average Bonchev–Trinajstić information content (AvgIpc) is 3.01. The topological polar surface area (TPSA) is 62.7 Å². The molecule has 0 spiro atoms. The number of nitrogens with zero attached hydrogens (tertiary/aromatic N) is 2. The highest BCUT2D eigenvalue weighted by Gasteiger charge is 2.07. The molecule has 19 heavy (non-hydrogen) atoms. The Labute approximate surface area is 116 Å². The van der Waals surface area contributed by atoms with Crippen LogP contribution in [0.2, 0.25) is 0 Å². The Kier molecular flexibility index (Phi) is 4.93. The van der Waals surface area contributed by atoms with E-state index in [4.69, 9.17) is 0 Å². The molecule has 0 unspecified atom stereocenters. The van der Waals surface area contributed by atoms with Gasteiger partial charge in [0.25, 0.3) is 0 Å².